The van der Waals surface area contributed by atoms with Crippen LogP contribution in [-0.2, 0) is 6.54 Å². The molecule has 1 aromatic rings. The van der Waals surface area contributed by atoms with E-state index in [1.165, 1.54) is 5.56 Å². The summed E-state index contributed by atoms with van der Waals surface area (Å²) in [4.78, 5) is 6.78. The molecule has 14 heavy (non-hydrogen) atoms. The van der Waals surface area contributed by atoms with Crippen LogP contribution in [0.4, 0.5) is 0 Å². The van der Waals surface area contributed by atoms with Crippen LogP contribution in [0.1, 0.15) is 11.3 Å². The van der Waals surface area contributed by atoms with Crippen molar-refractivity contribution in [1.82, 2.24) is 15.2 Å². The molecule has 1 N–H and O–H groups in total. The quantitative estimate of drug-likeness (QED) is 0.749. The maximum absolute atomic E-state index is 4.30. The summed E-state index contributed by atoms with van der Waals surface area (Å²) in [5, 5.41) is 3.36. The molecule has 0 atom stereocenters. The first-order valence-electron chi connectivity index (χ1n) is 5.20. The van der Waals surface area contributed by atoms with Crippen LogP contribution < -0.4 is 5.32 Å². The second-order valence-electron chi connectivity index (χ2n) is 3.77. The minimum atomic E-state index is 1.04. The molecule has 0 saturated carbocycles. The maximum Gasteiger partial charge on any atom is 0.0417 e. The van der Waals surface area contributed by atoms with Crippen LogP contribution in [0.2, 0.25) is 0 Å². The second kappa shape index (κ2) is 4.53. The highest BCUT2D eigenvalue weighted by molar-refractivity contribution is 5.18. The minimum absolute atomic E-state index is 1.04. The third-order valence-electron chi connectivity index (χ3n) is 2.72. The average Bonchev–Trinajstić information content (AvgIpc) is 2.23. The van der Waals surface area contributed by atoms with E-state index in [0.717, 1.165) is 38.4 Å². The molecule has 0 amide bonds. The van der Waals surface area contributed by atoms with Crippen LogP contribution >= 0.6 is 0 Å². The van der Waals surface area contributed by atoms with Gasteiger partial charge < -0.3 is 5.32 Å². The smallest absolute Gasteiger partial charge is 0.0417 e. The van der Waals surface area contributed by atoms with E-state index in [1.807, 2.05) is 12.3 Å². The monoisotopic (exact) mass is 191 g/mol. The highest BCUT2D eigenvalue weighted by atomic mass is 15.2. The first-order valence-corrected chi connectivity index (χ1v) is 5.20. The largest absolute Gasteiger partial charge is 0.314 e. The molecule has 0 spiro atoms. The van der Waals surface area contributed by atoms with Crippen molar-refractivity contribution in [3.63, 3.8) is 0 Å². The molecule has 1 aromatic heterocycles. The van der Waals surface area contributed by atoms with Gasteiger partial charge in [0.1, 0.15) is 0 Å². The van der Waals surface area contributed by atoms with Gasteiger partial charge in [0.05, 0.1) is 0 Å². The zero-order valence-corrected chi connectivity index (χ0v) is 8.66. The van der Waals surface area contributed by atoms with Crippen LogP contribution in [0.3, 0.4) is 0 Å². The Morgan fingerprint density at radius 1 is 1.43 bits per heavy atom. The van der Waals surface area contributed by atoms with Crippen molar-refractivity contribution >= 4 is 0 Å². The minimum Gasteiger partial charge on any atom is -0.314 e. The molecule has 0 bridgehead atoms. The summed E-state index contributed by atoms with van der Waals surface area (Å²) >= 11 is 0. The van der Waals surface area contributed by atoms with Gasteiger partial charge in [0.2, 0.25) is 0 Å². The Hall–Kier alpha value is -0.930. The Kier molecular flexibility index (Phi) is 3.11. The molecule has 0 aromatic carbocycles. The van der Waals surface area contributed by atoms with Gasteiger partial charge in [-0.05, 0) is 18.6 Å². The normalized spacial score (nSPS) is 18.4. The molecular weight excluding hydrogens is 174 g/mol. The summed E-state index contributed by atoms with van der Waals surface area (Å²) in [6, 6.07) is 4.19. The molecule has 0 radical (unpaired) electrons. The van der Waals surface area contributed by atoms with Crippen molar-refractivity contribution in [2.75, 3.05) is 26.2 Å². The van der Waals surface area contributed by atoms with E-state index in [2.05, 4.69) is 28.2 Å². The number of hydrogen-bond acceptors (Lipinski definition) is 3. The molecule has 76 valence electrons. The third-order valence-corrected chi connectivity index (χ3v) is 2.72. The van der Waals surface area contributed by atoms with E-state index in [-0.39, 0.29) is 0 Å². The Balaban J connectivity index is 1.99. The number of pyridine rings is 1. The predicted octanol–water partition coefficient (Wildman–Crippen LogP) is 0.795. The topological polar surface area (TPSA) is 28.2 Å². The lowest BCUT2D eigenvalue weighted by Crippen LogP contribution is -2.43. The maximum atomic E-state index is 4.30. The van der Waals surface area contributed by atoms with Gasteiger partial charge in [0, 0.05) is 44.6 Å². The fourth-order valence-corrected chi connectivity index (χ4v) is 1.79. The summed E-state index contributed by atoms with van der Waals surface area (Å²) in [5.74, 6) is 0. The van der Waals surface area contributed by atoms with Crippen LogP contribution in [0, 0.1) is 6.92 Å². The van der Waals surface area contributed by atoms with E-state index in [4.69, 9.17) is 0 Å². The summed E-state index contributed by atoms with van der Waals surface area (Å²) in [6.45, 7) is 7.64. The lowest BCUT2D eigenvalue weighted by Gasteiger charge is -2.27. The first-order chi connectivity index (χ1) is 6.86. The van der Waals surface area contributed by atoms with Crippen molar-refractivity contribution in [2.24, 2.45) is 0 Å². The van der Waals surface area contributed by atoms with Crippen LogP contribution in [0.5, 0.6) is 0 Å². The van der Waals surface area contributed by atoms with Crippen LogP contribution in [-0.4, -0.2) is 36.1 Å². The number of nitrogens with one attached hydrogen (secondary N) is 1. The van der Waals surface area contributed by atoms with Gasteiger partial charge in [0.15, 0.2) is 0 Å². The summed E-state index contributed by atoms with van der Waals surface area (Å²) < 4.78 is 0. The summed E-state index contributed by atoms with van der Waals surface area (Å²) in [7, 11) is 0. The molecule has 1 aliphatic rings. The van der Waals surface area contributed by atoms with Gasteiger partial charge in [-0.3, -0.25) is 9.88 Å². The van der Waals surface area contributed by atoms with Crippen molar-refractivity contribution in [2.45, 2.75) is 13.5 Å². The van der Waals surface area contributed by atoms with Crippen LogP contribution in [0.25, 0.3) is 0 Å². The highest BCUT2D eigenvalue weighted by Crippen LogP contribution is 2.08. The van der Waals surface area contributed by atoms with E-state index >= 15 is 0 Å². The number of aromatic nitrogens is 1. The van der Waals surface area contributed by atoms with E-state index in [1.54, 1.807) is 0 Å². The Morgan fingerprint density at radius 3 is 2.93 bits per heavy atom. The van der Waals surface area contributed by atoms with Crippen LogP contribution in [0.15, 0.2) is 18.3 Å². The van der Waals surface area contributed by atoms with Gasteiger partial charge in [-0.2, -0.15) is 0 Å². The van der Waals surface area contributed by atoms with E-state index in [9.17, 15) is 0 Å². The number of hydrogen-bond donors (Lipinski definition) is 1. The molecule has 3 nitrogen and oxygen atoms in total. The number of rotatable bonds is 2. The lowest BCUT2D eigenvalue weighted by atomic mass is 10.2. The van der Waals surface area contributed by atoms with Gasteiger partial charge >= 0.3 is 0 Å². The zero-order valence-electron chi connectivity index (χ0n) is 8.66. The second-order valence-corrected chi connectivity index (χ2v) is 3.77. The molecule has 2 rings (SSSR count). The third kappa shape index (κ3) is 2.30. The Morgan fingerprint density at radius 2 is 2.21 bits per heavy atom. The molecule has 1 aliphatic heterocycles. The molecule has 1 saturated heterocycles. The summed E-state index contributed by atoms with van der Waals surface area (Å²) in [5.41, 5.74) is 2.51. The first kappa shape index (κ1) is 9.62. The van der Waals surface area contributed by atoms with Crippen molar-refractivity contribution in [3.05, 3.63) is 29.6 Å². The fraction of sp³-hybridized carbons (Fsp3) is 0.545. The molecular formula is C11H17N3. The van der Waals surface area contributed by atoms with Crippen molar-refractivity contribution in [3.8, 4) is 0 Å². The molecule has 0 unspecified atom stereocenters. The van der Waals surface area contributed by atoms with Crippen molar-refractivity contribution in [1.29, 1.82) is 0 Å². The standard InChI is InChI=1S/C11H17N3/c1-10-11(3-2-4-13-10)9-14-7-5-12-6-8-14/h2-4,12H,5-9H2,1H3. The Labute approximate surface area is 85.1 Å². The van der Waals surface area contributed by atoms with Gasteiger partial charge in [-0.1, -0.05) is 6.07 Å². The Bertz CT molecular complexity index is 292. The predicted molar refractivity (Wildman–Crippen MR) is 57.1 cm³/mol. The molecule has 3 heteroatoms. The van der Waals surface area contributed by atoms with E-state index in [0.29, 0.717) is 0 Å². The van der Waals surface area contributed by atoms with Gasteiger partial charge in [-0.25, -0.2) is 0 Å². The highest BCUT2D eigenvalue weighted by Gasteiger charge is 2.10. The van der Waals surface area contributed by atoms with Gasteiger partial charge in [0.25, 0.3) is 0 Å². The van der Waals surface area contributed by atoms with E-state index < -0.39 is 0 Å². The molecule has 2 heterocycles. The molecule has 1 fully saturated rings. The molecule has 0 aliphatic carbocycles. The fourth-order valence-electron chi connectivity index (χ4n) is 1.79. The van der Waals surface area contributed by atoms with Gasteiger partial charge in [-0.15, -0.1) is 0 Å². The zero-order chi connectivity index (χ0) is 9.80. The number of aryl methyl sites for hydroxylation is 1. The SMILES string of the molecule is Cc1ncccc1CN1CCNCC1. The van der Waals surface area contributed by atoms with Crippen molar-refractivity contribution < 1.29 is 0 Å². The number of nitrogens with zero attached hydrogens (tertiary/aromatic N) is 2. The summed E-state index contributed by atoms with van der Waals surface area (Å²) in [6.07, 6.45) is 1.86. The average molecular weight is 191 g/mol. The number of piperazine rings is 1. The lowest BCUT2D eigenvalue weighted by molar-refractivity contribution is 0.232.